The number of thioether (sulfide) groups is 1. The van der Waals surface area contributed by atoms with E-state index in [1.807, 2.05) is 19.1 Å². The molecular weight excluding hydrogens is 326 g/mol. The number of nitrogens with one attached hydrogen (secondary N) is 1. The van der Waals surface area contributed by atoms with Gasteiger partial charge < -0.3 is 10.1 Å². The van der Waals surface area contributed by atoms with Crippen LogP contribution in [0.15, 0.2) is 34.3 Å². The van der Waals surface area contributed by atoms with Gasteiger partial charge in [0.1, 0.15) is 5.75 Å². The molecule has 1 aliphatic carbocycles. The summed E-state index contributed by atoms with van der Waals surface area (Å²) in [6, 6.07) is 7.20. The molecular formula is C17H19N3O3S. The molecule has 0 bridgehead atoms. The van der Waals surface area contributed by atoms with Crippen molar-refractivity contribution in [1.29, 1.82) is 0 Å². The second-order valence-corrected chi connectivity index (χ2v) is 6.52. The molecule has 1 aromatic rings. The summed E-state index contributed by atoms with van der Waals surface area (Å²) in [6.45, 7) is 2.52. The number of hydrogen-bond acceptors (Lipinski definition) is 5. The fraction of sp³-hybridized carbons (Fsp3) is 0.412. The molecule has 1 fully saturated rings. The zero-order valence-electron chi connectivity index (χ0n) is 13.4. The van der Waals surface area contributed by atoms with Gasteiger partial charge in [0.05, 0.1) is 18.3 Å². The Kier molecular flexibility index (Phi) is 5.30. The van der Waals surface area contributed by atoms with Crippen LogP contribution < -0.4 is 10.1 Å². The van der Waals surface area contributed by atoms with Gasteiger partial charge >= 0.3 is 0 Å². The van der Waals surface area contributed by atoms with Gasteiger partial charge in [0.2, 0.25) is 5.91 Å². The maximum absolute atomic E-state index is 12.0. The number of ether oxygens (including phenoxy) is 1. The normalized spacial score (nSPS) is 19.4. The lowest BCUT2D eigenvalue weighted by Crippen LogP contribution is -2.24. The molecule has 1 aliphatic heterocycles. The van der Waals surface area contributed by atoms with Crippen molar-refractivity contribution >= 4 is 40.1 Å². The minimum atomic E-state index is -0.159. The van der Waals surface area contributed by atoms with E-state index in [-0.39, 0.29) is 23.5 Å². The monoisotopic (exact) mass is 345 g/mol. The van der Waals surface area contributed by atoms with Crippen LogP contribution in [0.1, 0.15) is 26.2 Å². The van der Waals surface area contributed by atoms with Crippen LogP contribution in [0.2, 0.25) is 0 Å². The average Bonchev–Trinajstić information content (AvgIpc) is 3.04. The Morgan fingerprint density at radius 1 is 1.33 bits per heavy atom. The Balaban J connectivity index is 1.51. The first-order chi connectivity index (χ1) is 11.7. The first-order valence-corrected chi connectivity index (χ1v) is 9.00. The summed E-state index contributed by atoms with van der Waals surface area (Å²) in [7, 11) is 0. The Hall–Kier alpha value is -2.15. The van der Waals surface area contributed by atoms with Gasteiger partial charge in [-0.05, 0) is 50.5 Å². The van der Waals surface area contributed by atoms with Crippen LogP contribution in [0.25, 0.3) is 0 Å². The molecule has 1 unspecified atom stereocenters. The molecule has 1 heterocycles. The largest absolute Gasteiger partial charge is 0.494 e. The number of nitrogens with zero attached hydrogens (tertiary/aromatic N) is 2. The highest BCUT2D eigenvalue weighted by Crippen LogP contribution is 2.28. The summed E-state index contributed by atoms with van der Waals surface area (Å²) in [5.74, 6) is 0.537. The van der Waals surface area contributed by atoms with Crippen molar-refractivity contribution in [3.05, 3.63) is 24.3 Å². The first-order valence-electron chi connectivity index (χ1n) is 8.01. The number of amides is 2. The van der Waals surface area contributed by atoms with Gasteiger partial charge in [-0.1, -0.05) is 11.8 Å². The predicted octanol–water partition coefficient (Wildman–Crippen LogP) is 2.89. The third-order valence-electron chi connectivity index (χ3n) is 3.85. The van der Waals surface area contributed by atoms with Crippen LogP contribution in [-0.2, 0) is 9.59 Å². The summed E-state index contributed by atoms with van der Waals surface area (Å²) in [4.78, 5) is 32.3. The van der Waals surface area contributed by atoms with Crippen LogP contribution in [-0.4, -0.2) is 35.1 Å². The highest BCUT2D eigenvalue weighted by atomic mass is 32.2. The minimum Gasteiger partial charge on any atom is -0.494 e. The Labute approximate surface area is 144 Å². The molecule has 126 valence electrons. The van der Waals surface area contributed by atoms with Crippen LogP contribution in [0.5, 0.6) is 5.75 Å². The van der Waals surface area contributed by atoms with Crippen molar-refractivity contribution < 1.29 is 14.3 Å². The van der Waals surface area contributed by atoms with E-state index in [1.54, 1.807) is 12.1 Å². The quantitative estimate of drug-likeness (QED) is 0.890. The second-order valence-electron chi connectivity index (χ2n) is 5.57. The van der Waals surface area contributed by atoms with E-state index in [0.717, 1.165) is 30.7 Å². The molecule has 0 saturated heterocycles. The molecule has 1 aromatic carbocycles. The number of anilines is 1. The van der Waals surface area contributed by atoms with Crippen LogP contribution in [0, 0.1) is 5.92 Å². The number of fused-ring (bicyclic) bond motifs is 1. The zero-order valence-corrected chi connectivity index (χ0v) is 14.3. The number of hydrogen-bond donors (Lipinski definition) is 1. The third kappa shape index (κ3) is 4.03. The average molecular weight is 345 g/mol. The fourth-order valence-corrected chi connectivity index (χ4v) is 3.41. The van der Waals surface area contributed by atoms with Crippen molar-refractivity contribution in [1.82, 2.24) is 0 Å². The van der Waals surface area contributed by atoms with E-state index in [2.05, 4.69) is 15.3 Å². The number of rotatable bonds is 5. The molecule has 2 amide bonds. The summed E-state index contributed by atoms with van der Waals surface area (Å²) in [5, 5.41) is 3.20. The van der Waals surface area contributed by atoms with E-state index < -0.39 is 0 Å². The van der Waals surface area contributed by atoms with Crippen LogP contribution >= 0.6 is 11.8 Å². The lowest BCUT2D eigenvalue weighted by molar-refractivity contribution is -0.119. The van der Waals surface area contributed by atoms with E-state index in [4.69, 9.17) is 4.74 Å². The number of aliphatic imine (C=N–C) groups is 2. The molecule has 6 nitrogen and oxygen atoms in total. The topological polar surface area (TPSA) is 80.1 Å². The lowest BCUT2D eigenvalue weighted by Gasteiger charge is -2.13. The predicted molar refractivity (Wildman–Crippen MR) is 95.9 cm³/mol. The molecule has 0 aromatic heterocycles. The summed E-state index contributed by atoms with van der Waals surface area (Å²) in [6.07, 6.45) is 2.69. The maximum Gasteiger partial charge on any atom is 0.256 e. The number of carbonyl (C=O) groups is 2. The standard InChI is InChI=1S/C17H19N3O3S/c1-2-23-12-8-6-11(7-9-12)18-15(21)10-24-17-19-14-5-3-4-13(14)16(22)20-17/h6-9,13H,2-5,10H2,1H3,(H,18,21). The molecule has 24 heavy (non-hydrogen) atoms. The molecule has 1 N–H and O–H groups in total. The Morgan fingerprint density at radius 3 is 2.88 bits per heavy atom. The van der Waals surface area contributed by atoms with E-state index in [1.165, 1.54) is 11.8 Å². The summed E-state index contributed by atoms with van der Waals surface area (Å²) < 4.78 is 5.36. The van der Waals surface area contributed by atoms with Gasteiger partial charge in [-0.15, -0.1) is 0 Å². The van der Waals surface area contributed by atoms with Gasteiger partial charge in [-0.3, -0.25) is 9.59 Å². The molecule has 1 atom stereocenters. The molecule has 7 heteroatoms. The zero-order chi connectivity index (χ0) is 16.9. The number of benzene rings is 1. The Morgan fingerprint density at radius 2 is 2.12 bits per heavy atom. The summed E-state index contributed by atoms with van der Waals surface area (Å²) >= 11 is 1.19. The molecule has 0 spiro atoms. The van der Waals surface area contributed by atoms with E-state index in [9.17, 15) is 9.59 Å². The number of amidine groups is 1. The highest BCUT2D eigenvalue weighted by molar-refractivity contribution is 8.14. The molecule has 1 saturated carbocycles. The van der Waals surface area contributed by atoms with Crippen molar-refractivity contribution in [3.63, 3.8) is 0 Å². The first kappa shape index (κ1) is 16.7. The summed E-state index contributed by atoms with van der Waals surface area (Å²) in [5.41, 5.74) is 1.62. The van der Waals surface area contributed by atoms with Crippen molar-refractivity contribution in [2.24, 2.45) is 15.9 Å². The Bertz CT molecular complexity index is 698. The number of carbonyl (C=O) groups excluding carboxylic acids is 2. The van der Waals surface area contributed by atoms with Gasteiger partial charge in [0, 0.05) is 11.4 Å². The van der Waals surface area contributed by atoms with Crippen LogP contribution in [0.3, 0.4) is 0 Å². The van der Waals surface area contributed by atoms with Crippen molar-refractivity contribution in [2.75, 3.05) is 17.7 Å². The lowest BCUT2D eigenvalue weighted by atomic mass is 10.1. The van der Waals surface area contributed by atoms with E-state index in [0.29, 0.717) is 17.5 Å². The van der Waals surface area contributed by atoms with Gasteiger partial charge in [0.15, 0.2) is 5.17 Å². The van der Waals surface area contributed by atoms with Gasteiger partial charge in [-0.25, -0.2) is 4.99 Å². The minimum absolute atomic E-state index is 0.118. The van der Waals surface area contributed by atoms with Crippen molar-refractivity contribution in [2.45, 2.75) is 26.2 Å². The molecule has 3 rings (SSSR count). The van der Waals surface area contributed by atoms with Crippen LogP contribution in [0.4, 0.5) is 5.69 Å². The smallest absolute Gasteiger partial charge is 0.256 e. The fourth-order valence-electron chi connectivity index (χ4n) is 2.74. The third-order valence-corrected chi connectivity index (χ3v) is 4.70. The molecule has 0 radical (unpaired) electrons. The maximum atomic E-state index is 12.0. The highest BCUT2D eigenvalue weighted by Gasteiger charge is 2.32. The molecule has 2 aliphatic rings. The van der Waals surface area contributed by atoms with E-state index >= 15 is 0 Å². The second kappa shape index (κ2) is 7.61. The SMILES string of the molecule is CCOc1ccc(NC(=O)CSC2=NC(=O)C3CCCC3=N2)cc1. The van der Waals surface area contributed by atoms with Gasteiger partial charge in [0.25, 0.3) is 5.91 Å². The van der Waals surface area contributed by atoms with Gasteiger partial charge in [-0.2, -0.15) is 4.99 Å². The van der Waals surface area contributed by atoms with Crippen molar-refractivity contribution in [3.8, 4) is 5.75 Å².